The largest absolute Gasteiger partial charge is 0.361 e. The molecule has 1 aromatic heterocycles. The monoisotopic (exact) mass is 285 g/mol. The Balaban J connectivity index is 1.79. The van der Waals surface area contributed by atoms with Gasteiger partial charge in [0.2, 0.25) is 11.8 Å². The van der Waals surface area contributed by atoms with Gasteiger partial charge in [0.05, 0.1) is 0 Å². The third-order valence-corrected chi connectivity index (χ3v) is 3.98. The molecule has 0 spiro atoms. The molecule has 1 aliphatic heterocycles. The van der Waals surface area contributed by atoms with Crippen molar-refractivity contribution in [1.29, 1.82) is 0 Å². The number of hydrogen-bond acceptors (Lipinski definition) is 2. The van der Waals surface area contributed by atoms with E-state index in [2.05, 4.69) is 15.6 Å². The number of fused-ring (bicyclic) bond motifs is 1. The smallest absolute Gasteiger partial charge is 0.243 e. The fraction of sp³-hybridized carbons (Fsp3) is 0.375. The maximum Gasteiger partial charge on any atom is 0.243 e. The number of benzene rings is 1. The highest BCUT2D eigenvalue weighted by Crippen LogP contribution is 2.20. The molecule has 0 radical (unpaired) electrons. The summed E-state index contributed by atoms with van der Waals surface area (Å²) in [4.78, 5) is 27.4. The molecule has 21 heavy (non-hydrogen) atoms. The summed E-state index contributed by atoms with van der Waals surface area (Å²) in [5.41, 5.74) is 2.07. The summed E-state index contributed by atoms with van der Waals surface area (Å²) >= 11 is 0. The van der Waals surface area contributed by atoms with E-state index < -0.39 is 12.1 Å². The molecule has 2 aromatic rings. The molecule has 1 saturated heterocycles. The fourth-order valence-electron chi connectivity index (χ4n) is 2.78. The van der Waals surface area contributed by atoms with Crippen molar-refractivity contribution in [3.05, 3.63) is 36.0 Å². The molecule has 2 heterocycles. The van der Waals surface area contributed by atoms with Crippen molar-refractivity contribution in [2.45, 2.75) is 32.4 Å². The van der Waals surface area contributed by atoms with E-state index in [-0.39, 0.29) is 17.7 Å². The Kier molecular flexibility index (Phi) is 3.41. The van der Waals surface area contributed by atoms with Gasteiger partial charge in [-0.15, -0.1) is 0 Å². The Bertz CT molecular complexity index is 690. The summed E-state index contributed by atoms with van der Waals surface area (Å²) in [5, 5.41) is 6.74. The Labute approximate surface area is 123 Å². The molecule has 3 rings (SSSR count). The number of amides is 2. The van der Waals surface area contributed by atoms with Gasteiger partial charge in [-0.1, -0.05) is 32.0 Å². The van der Waals surface area contributed by atoms with Crippen molar-refractivity contribution in [3.63, 3.8) is 0 Å². The first-order valence-electron chi connectivity index (χ1n) is 7.22. The highest BCUT2D eigenvalue weighted by atomic mass is 16.2. The molecule has 0 bridgehead atoms. The van der Waals surface area contributed by atoms with Gasteiger partial charge in [0.15, 0.2) is 0 Å². The van der Waals surface area contributed by atoms with Crippen LogP contribution < -0.4 is 10.6 Å². The van der Waals surface area contributed by atoms with Crippen molar-refractivity contribution >= 4 is 22.7 Å². The number of nitrogens with one attached hydrogen (secondary N) is 3. The van der Waals surface area contributed by atoms with E-state index in [4.69, 9.17) is 0 Å². The maximum absolute atomic E-state index is 12.2. The first-order chi connectivity index (χ1) is 10.1. The van der Waals surface area contributed by atoms with Crippen LogP contribution in [0.1, 0.15) is 19.4 Å². The summed E-state index contributed by atoms with van der Waals surface area (Å²) in [6.45, 7) is 3.84. The van der Waals surface area contributed by atoms with Gasteiger partial charge in [-0.3, -0.25) is 9.59 Å². The molecule has 0 saturated carbocycles. The minimum Gasteiger partial charge on any atom is -0.361 e. The zero-order valence-corrected chi connectivity index (χ0v) is 12.1. The molecule has 0 aliphatic carbocycles. The summed E-state index contributed by atoms with van der Waals surface area (Å²) in [7, 11) is 0. The number of carbonyl (C=O) groups is 2. The van der Waals surface area contributed by atoms with E-state index in [1.807, 2.05) is 44.3 Å². The zero-order valence-electron chi connectivity index (χ0n) is 12.1. The lowest BCUT2D eigenvalue weighted by Gasteiger charge is -2.31. The third-order valence-electron chi connectivity index (χ3n) is 3.98. The van der Waals surface area contributed by atoms with Crippen LogP contribution in [0.25, 0.3) is 10.9 Å². The zero-order chi connectivity index (χ0) is 15.0. The number of rotatable bonds is 3. The number of aromatic nitrogens is 1. The standard InChI is InChI=1S/C16H19N3O2/c1-9(2)14-16(21)18-13(15(20)19-14)7-10-8-17-12-6-4-3-5-11(10)12/h3-6,8-9,13-14,17H,7H2,1-2H3,(H,18,21)(H,19,20)/t13-,14-/m1/s1. The SMILES string of the molecule is CC(C)[C@H]1NC(=O)[C@@H](Cc2c[nH]c3ccccc23)NC1=O. The van der Waals surface area contributed by atoms with E-state index >= 15 is 0 Å². The lowest BCUT2D eigenvalue weighted by molar-refractivity contribution is -0.137. The summed E-state index contributed by atoms with van der Waals surface area (Å²) in [6.07, 6.45) is 2.39. The highest BCUT2D eigenvalue weighted by Gasteiger charge is 2.35. The second kappa shape index (κ2) is 5.24. The van der Waals surface area contributed by atoms with E-state index in [0.29, 0.717) is 6.42 Å². The van der Waals surface area contributed by atoms with Crippen LogP contribution in [0.4, 0.5) is 0 Å². The molecule has 2 atom stereocenters. The first kappa shape index (κ1) is 13.7. The molecular weight excluding hydrogens is 266 g/mol. The van der Waals surface area contributed by atoms with Crippen molar-refractivity contribution in [3.8, 4) is 0 Å². The van der Waals surface area contributed by atoms with E-state index in [9.17, 15) is 9.59 Å². The molecular formula is C16H19N3O2. The molecule has 0 unspecified atom stereocenters. The van der Waals surface area contributed by atoms with Gasteiger partial charge >= 0.3 is 0 Å². The second-order valence-electron chi connectivity index (χ2n) is 5.86. The van der Waals surface area contributed by atoms with Gasteiger partial charge in [-0.25, -0.2) is 0 Å². The lowest BCUT2D eigenvalue weighted by atomic mass is 9.97. The lowest BCUT2D eigenvalue weighted by Crippen LogP contribution is -2.63. The van der Waals surface area contributed by atoms with E-state index in [0.717, 1.165) is 16.5 Å². The number of carbonyl (C=O) groups excluding carboxylic acids is 2. The van der Waals surface area contributed by atoms with Gasteiger partial charge in [-0.2, -0.15) is 0 Å². The Hall–Kier alpha value is -2.30. The Morgan fingerprint density at radius 1 is 1.10 bits per heavy atom. The highest BCUT2D eigenvalue weighted by molar-refractivity contribution is 5.97. The Morgan fingerprint density at radius 2 is 1.86 bits per heavy atom. The van der Waals surface area contributed by atoms with E-state index in [1.54, 1.807) is 0 Å². The van der Waals surface area contributed by atoms with Crippen LogP contribution in [-0.4, -0.2) is 28.9 Å². The quantitative estimate of drug-likeness (QED) is 0.796. The van der Waals surface area contributed by atoms with Crippen LogP contribution in [0, 0.1) is 5.92 Å². The van der Waals surface area contributed by atoms with Gasteiger partial charge in [0, 0.05) is 23.5 Å². The maximum atomic E-state index is 12.2. The fourth-order valence-corrected chi connectivity index (χ4v) is 2.78. The predicted molar refractivity (Wildman–Crippen MR) is 80.7 cm³/mol. The molecule has 3 N–H and O–H groups in total. The minimum atomic E-state index is -0.508. The number of aromatic amines is 1. The van der Waals surface area contributed by atoms with Gasteiger partial charge < -0.3 is 15.6 Å². The van der Waals surface area contributed by atoms with Crippen LogP contribution in [0.5, 0.6) is 0 Å². The number of piperazine rings is 1. The molecule has 1 fully saturated rings. The average molecular weight is 285 g/mol. The number of para-hydroxylation sites is 1. The molecule has 1 aliphatic rings. The third kappa shape index (κ3) is 2.51. The van der Waals surface area contributed by atoms with Crippen molar-refractivity contribution in [1.82, 2.24) is 15.6 Å². The molecule has 5 heteroatoms. The van der Waals surface area contributed by atoms with Crippen LogP contribution in [0.15, 0.2) is 30.5 Å². The second-order valence-corrected chi connectivity index (χ2v) is 5.86. The summed E-state index contributed by atoms with van der Waals surface area (Å²) < 4.78 is 0. The molecule has 5 nitrogen and oxygen atoms in total. The first-order valence-corrected chi connectivity index (χ1v) is 7.22. The molecule has 110 valence electrons. The van der Waals surface area contributed by atoms with Crippen molar-refractivity contribution < 1.29 is 9.59 Å². The molecule has 1 aromatic carbocycles. The predicted octanol–water partition coefficient (Wildman–Crippen LogP) is 1.35. The Morgan fingerprint density at radius 3 is 2.62 bits per heavy atom. The summed E-state index contributed by atoms with van der Waals surface area (Å²) in [6, 6.07) is 7.00. The van der Waals surface area contributed by atoms with Gasteiger partial charge in [0.1, 0.15) is 12.1 Å². The average Bonchev–Trinajstić information content (AvgIpc) is 2.85. The van der Waals surface area contributed by atoms with Crippen molar-refractivity contribution in [2.75, 3.05) is 0 Å². The van der Waals surface area contributed by atoms with Crippen LogP contribution in [0.3, 0.4) is 0 Å². The van der Waals surface area contributed by atoms with Gasteiger partial charge in [-0.05, 0) is 17.5 Å². The normalized spacial score (nSPS) is 22.4. The van der Waals surface area contributed by atoms with Crippen LogP contribution in [-0.2, 0) is 16.0 Å². The van der Waals surface area contributed by atoms with Crippen LogP contribution in [0.2, 0.25) is 0 Å². The van der Waals surface area contributed by atoms with Gasteiger partial charge in [0.25, 0.3) is 0 Å². The molecule has 2 amide bonds. The number of H-pyrrole nitrogens is 1. The topological polar surface area (TPSA) is 74.0 Å². The van der Waals surface area contributed by atoms with Crippen molar-refractivity contribution in [2.24, 2.45) is 5.92 Å². The minimum absolute atomic E-state index is 0.0861. The number of hydrogen-bond donors (Lipinski definition) is 3. The van der Waals surface area contributed by atoms with Crippen LogP contribution >= 0.6 is 0 Å². The summed E-state index contributed by atoms with van der Waals surface area (Å²) in [5.74, 6) is -0.129. The van der Waals surface area contributed by atoms with E-state index in [1.165, 1.54) is 0 Å².